The van der Waals surface area contributed by atoms with Crippen molar-refractivity contribution in [1.82, 2.24) is 9.55 Å². The highest BCUT2D eigenvalue weighted by atomic mass is 15.0. The molecule has 3 aromatic rings. The summed E-state index contributed by atoms with van der Waals surface area (Å²) in [5.74, 6) is 0. The van der Waals surface area contributed by atoms with Crippen molar-refractivity contribution in [3.63, 3.8) is 0 Å². The standard InChI is InChI=1S/C14H13N3/c1-17-9-16-8-14(17)12-6-10-4-2-3-5-11(10)7-13(12)15/h2-9H,15H2,1H3. The van der Waals surface area contributed by atoms with E-state index in [0.717, 1.165) is 22.3 Å². The molecule has 2 N–H and O–H groups in total. The van der Waals surface area contributed by atoms with Crippen LogP contribution < -0.4 is 5.73 Å². The Bertz CT molecular complexity index is 683. The molecule has 0 saturated heterocycles. The van der Waals surface area contributed by atoms with E-state index in [2.05, 4.69) is 23.2 Å². The summed E-state index contributed by atoms with van der Waals surface area (Å²) in [5, 5.41) is 2.36. The average Bonchev–Trinajstić information content (AvgIpc) is 2.74. The van der Waals surface area contributed by atoms with Crippen molar-refractivity contribution in [3.05, 3.63) is 48.9 Å². The Kier molecular flexibility index (Phi) is 2.11. The minimum absolute atomic E-state index is 0.785. The molecule has 0 aliphatic heterocycles. The molecule has 0 unspecified atom stereocenters. The van der Waals surface area contributed by atoms with Gasteiger partial charge in [-0.15, -0.1) is 0 Å². The molecule has 0 fully saturated rings. The van der Waals surface area contributed by atoms with Crippen molar-refractivity contribution in [2.45, 2.75) is 0 Å². The predicted octanol–water partition coefficient (Wildman–Crippen LogP) is 2.82. The molecular formula is C14H13N3. The van der Waals surface area contributed by atoms with E-state index in [-0.39, 0.29) is 0 Å². The van der Waals surface area contributed by atoms with Gasteiger partial charge in [0, 0.05) is 18.3 Å². The number of nitrogens with two attached hydrogens (primary N) is 1. The van der Waals surface area contributed by atoms with Crippen LogP contribution in [0.25, 0.3) is 22.0 Å². The van der Waals surface area contributed by atoms with E-state index in [4.69, 9.17) is 5.73 Å². The number of anilines is 1. The highest BCUT2D eigenvalue weighted by Gasteiger charge is 2.07. The molecule has 0 aliphatic rings. The first-order valence-corrected chi connectivity index (χ1v) is 5.50. The van der Waals surface area contributed by atoms with Gasteiger partial charge in [0.25, 0.3) is 0 Å². The summed E-state index contributed by atoms with van der Waals surface area (Å²) < 4.78 is 1.97. The van der Waals surface area contributed by atoms with Crippen LogP contribution in [0.2, 0.25) is 0 Å². The third-order valence-electron chi connectivity index (χ3n) is 3.01. The molecule has 2 aromatic carbocycles. The number of fused-ring (bicyclic) bond motifs is 1. The zero-order valence-corrected chi connectivity index (χ0v) is 9.59. The van der Waals surface area contributed by atoms with Crippen molar-refractivity contribution >= 4 is 16.5 Å². The number of hydrogen-bond donors (Lipinski definition) is 1. The average molecular weight is 223 g/mol. The number of nitrogen functional groups attached to an aromatic ring is 1. The lowest BCUT2D eigenvalue weighted by Crippen LogP contribution is -1.95. The zero-order chi connectivity index (χ0) is 11.8. The van der Waals surface area contributed by atoms with Crippen molar-refractivity contribution in [1.29, 1.82) is 0 Å². The maximum atomic E-state index is 6.11. The van der Waals surface area contributed by atoms with Crippen LogP contribution in [-0.2, 0) is 7.05 Å². The molecule has 3 nitrogen and oxygen atoms in total. The lowest BCUT2D eigenvalue weighted by molar-refractivity contribution is 0.922. The fourth-order valence-electron chi connectivity index (χ4n) is 2.10. The lowest BCUT2D eigenvalue weighted by atomic mass is 10.0. The molecule has 0 spiro atoms. The molecule has 3 rings (SSSR count). The van der Waals surface area contributed by atoms with Gasteiger partial charge in [-0.05, 0) is 22.9 Å². The Balaban J connectivity index is 2.30. The monoisotopic (exact) mass is 223 g/mol. The van der Waals surface area contributed by atoms with E-state index in [0.29, 0.717) is 0 Å². The molecule has 0 atom stereocenters. The van der Waals surface area contributed by atoms with Gasteiger partial charge in [-0.2, -0.15) is 0 Å². The van der Waals surface area contributed by atoms with Crippen LogP contribution in [-0.4, -0.2) is 9.55 Å². The zero-order valence-electron chi connectivity index (χ0n) is 9.59. The van der Waals surface area contributed by atoms with Crippen LogP contribution in [0.1, 0.15) is 0 Å². The summed E-state index contributed by atoms with van der Waals surface area (Å²) in [4.78, 5) is 4.13. The highest BCUT2D eigenvalue weighted by molar-refractivity contribution is 5.92. The van der Waals surface area contributed by atoms with Gasteiger partial charge in [0.15, 0.2) is 0 Å². The van der Waals surface area contributed by atoms with E-state index in [1.165, 1.54) is 5.39 Å². The van der Waals surface area contributed by atoms with Crippen LogP contribution >= 0.6 is 0 Å². The van der Waals surface area contributed by atoms with Gasteiger partial charge in [-0.3, -0.25) is 0 Å². The second kappa shape index (κ2) is 3.63. The first-order chi connectivity index (χ1) is 8.25. The van der Waals surface area contributed by atoms with Crippen molar-refractivity contribution in [2.75, 3.05) is 5.73 Å². The van der Waals surface area contributed by atoms with Crippen molar-refractivity contribution in [2.24, 2.45) is 7.05 Å². The summed E-state index contributed by atoms with van der Waals surface area (Å²) in [6.45, 7) is 0. The topological polar surface area (TPSA) is 43.8 Å². The van der Waals surface area contributed by atoms with Crippen LogP contribution in [0.4, 0.5) is 5.69 Å². The van der Waals surface area contributed by atoms with Crippen LogP contribution in [0.3, 0.4) is 0 Å². The fraction of sp³-hybridized carbons (Fsp3) is 0.0714. The van der Waals surface area contributed by atoms with E-state index >= 15 is 0 Å². The molecule has 3 heteroatoms. The summed E-state index contributed by atoms with van der Waals surface area (Å²) in [5.41, 5.74) is 8.96. The first kappa shape index (κ1) is 9.90. The van der Waals surface area contributed by atoms with Gasteiger partial charge in [0.2, 0.25) is 0 Å². The number of nitrogens with zero attached hydrogens (tertiary/aromatic N) is 2. The second-order valence-corrected chi connectivity index (χ2v) is 4.18. The Hall–Kier alpha value is -2.29. The minimum Gasteiger partial charge on any atom is -0.398 e. The van der Waals surface area contributed by atoms with E-state index in [9.17, 15) is 0 Å². The molecular weight excluding hydrogens is 210 g/mol. The number of aryl methyl sites for hydroxylation is 1. The summed E-state index contributed by atoms with van der Waals surface area (Å²) in [7, 11) is 1.97. The van der Waals surface area contributed by atoms with Crippen molar-refractivity contribution in [3.8, 4) is 11.3 Å². The van der Waals surface area contributed by atoms with Gasteiger partial charge < -0.3 is 10.3 Å². The van der Waals surface area contributed by atoms with Crippen LogP contribution in [0, 0.1) is 0 Å². The summed E-state index contributed by atoms with van der Waals surface area (Å²) in [6.07, 6.45) is 3.62. The molecule has 0 saturated carbocycles. The van der Waals surface area contributed by atoms with Gasteiger partial charge in [0.1, 0.15) is 0 Å². The van der Waals surface area contributed by atoms with Crippen LogP contribution in [0.15, 0.2) is 48.9 Å². The molecule has 0 amide bonds. The van der Waals surface area contributed by atoms with Gasteiger partial charge in [0.05, 0.1) is 18.2 Å². The van der Waals surface area contributed by atoms with E-state index in [1.54, 1.807) is 6.33 Å². The SMILES string of the molecule is Cn1cncc1-c1cc2ccccc2cc1N. The maximum absolute atomic E-state index is 6.11. The summed E-state index contributed by atoms with van der Waals surface area (Å²) >= 11 is 0. The molecule has 1 aromatic heterocycles. The number of benzene rings is 2. The number of imidazole rings is 1. The third-order valence-corrected chi connectivity index (χ3v) is 3.01. The Morgan fingerprint density at radius 1 is 1.12 bits per heavy atom. The van der Waals surface area contributed by atoms with Crippen LogP contribution in [0.5, 0.6) is 0 Å². The first-order valence-electron chi connectivity index (χ1n) is 5.50. The quantitative estimate of drug-likeness (QED) is 0.645. The molecule has 1 heterocycles. The molecule has 84 valence electrons. The fourth-order valence-corrected chi connectivity index (χ4v) is 2.10. The van der Waals surface area contributed by atoms with Gasteiger partial charge in [-0.1, -0.05) is 24.3 Å². The normalized spacial score (nSPS) is 10.9. The molecule has 0 radical (unpaired) electrons. The van der Waals surface area contributed by atoms with Gasteiger partial charge >= 0.3 is 0 Å². The van der Waals surface area contributed by atoms with E-state index in [1.807, 2.05) is 36.0 Å². The maximum Gasteiger partial charge on any atom is 0.0948 e. The Morgan fingerprint density at radius 2 is 1.82 bits per heavy atom. The minimum atomic E-state index is 0.785. The van der Waals surface area contributed by atoms with E-state index < -0.39 is 0 Å². The Labute approximate surface area is 99.5 Å². The molecule has 17 heavy (non-hydrogen) atoms. The molecule has 0 bridgehead atoms. The van der Waals surface area contributed by atoms with Crippen molar-refractivity contribution < 1.29 is 0 Å². The summed E-state index contributed by atoms with van der Waals surface area (Å²) in [6, 6.07) is 12.3. The number of hydrogen-bond acceptors (Lipinski definition) is 2. The molecule has 0 aliphatic carbocycles. The van der Waals surface area contributed by atoms with Gasteiger partial charge in [-0.25, -0.2) is 4.98 Å². The number of aromatic nitrogens is 2. The second-order valence-electron chi connectivity index (χ2n) is 4.18. The third kappa shape index (κ3) is 1.56. The largest absolute Gasteiger partial charge is 0.398 e. The smallest absolute Gasteiger partial charge is 0.0948 e. The Morgan fingerprint density at radius 3 is 2.47 bits per heavy atom. The predicted molar refractivity (Wildman–Crippen MR) is 70.6 cm³/mol. The lowest BCUT2D eigenvalue weighted by Gasteiger charge is -2.08. The number of rotatable bonds is 1. The highest BCUT2D eigenvalue weighted by Crippen LogP contribution is 2.29.